The number of allylic oxidation sites excluding steroid dienone is 1. The molecule has 1 aromatic carbocycles. The Bertz CT molecular complexity index is 1600. The van der Waals surface area contributed by atoms with E-state index in [0.29, 0.717) is 35.8 Å². The number of hydrogen-bond acceptors (Lipinski definition) is 6. The highest BCUT2D eigenvalue weighted by Gasteiger charge is 2.51. The van der Waals surface area contributed by atoms with Crippen molar-refractivity contribution in [2.75, 3.05) is 11.9 Å². The molecule has 4 aliphatic rings. The summed E-state index contributed by atoms with van der Waals surface area (Å²) in [4.78, 5) is 52.1. The van der Waals surface area contributed by atoms with Crippen molar-refractivity contribution >= 4 is 35.8 Å². The first-order valence-electron chi connectivity index (χ1n) is 13.2. The molecule has 0 spiro atoms. The summed E-state index contributed by atoms with van der Waals surface area (Å²) in [6.07, 6.45) is 2.60. The Hall–Kier alpha value is -4.85. The Labute approximate surface area is 237 Å². The summed E-state index contributed by atoms with van der Waals surface area (Å²) in [6, 6.07) is 7.85. The van der Waals surface area contributed by atoms with E-state index in [-0.39, 0.29) is 29.2 Å². The van der Waals surface area contributed by atoms with Crippen LogP contribution in [0.4, 0.5) is 23.8 Å². The summed E-state index contributed by atoms with van der Waals surface area (Å²) in [5.41, 5.74) is 3.38. The standard InChI is InChI=1S/C28H24F3N7O4/c29-28(30,31)19-9-10-33-22(13-19)34-26(40)17-3-1-16(2-4-17)25-35-24(18-5-6-20-7-8-23(39)37(20)15-18)21-14-32-11-12-38(21,25)36-27(41)42/h1-4,9-14,18,20,36H,5-8,15H2,(H-,33,34,40,41,42)/p+1/t18-,20+,38?/m1/s1. The summed E-state index contributed by atoms with van der Waals surface area (Å²) in [6.45, 7) is 0.479. The molecule has 0 aliphatic carbocycles. The lowest BCUT2D eigenvalue weighted by atomic mass is 9.90. The van der Waals surface area contributed by atoms with Gasteiger partial charge in [-0.1, -0.05) is 0 Å². The molecule has 14 heteroatoms. The van der Waals surface area contributed by atoms with Crippen molar-refractivity contribution in [3.63, 3.8) is 0 Å². The molecule has 216 valence electrons. The fourth-order valence-electron chi connectivity index (χ4n) is 5.90. The minimum atomic E-state index is -4.59. The molecule has 3 amide bonds. The van der Waals surface area contributed by atoms with Gasteiger partial charge in [-0.05, 0) is 55.7 Å². The number of anilines is 1. The van der Waals surface area contributed by atoms with Crippen molar-refractivity contribution in [3.8, 4) is 0 Å². The van der Waals surface area contributed by atoms with E-state index < -0.39 is 28.3 Å². The number of fused-ring (bicyclic) bond motifs is 2. The van der Waals surface area contributed by atoms with Crippen molar-refractivity contribution < 1.29 is 37.3 Å². The second-order valence-electron chi connectivity index (χ2n) is 10.4. The molecule has 2 aromatic rings. The molecule has 3 N–H and O–H groups in total. The van der Waals surface area contributed by atoms with E-state index in [0.717, 1.165) is 37.6 Å². The van der Waals surface area contributed by atoms with Gasteiger partial charge < -0.3 is 15.3 Å². The van der Waals surface area contributed by atoms with E-state index >= 15 is 0 Å². The van der Waals surface area contributed by atoms with Crippen LogP contribution in [0.25, 0.3) is 0 Å². The number of rotatable bonds is 5. The number of hydrogen-bond donors (Lipinski definition) is 3. The molecule has 3 atom stereocenters. The van der Waals surface area contributed by atoms with Crippen molar-refractivity contribution in [1.82, 2.24) is 15.3 Å². The number of amidine groups is 1. The minimum Gasteiger partial charge on any atom is -0.462 e. The Balaban J connectivity index is 1.30. The number of pyridine rings is 1. The largest absolute Gasteiger partial charge is 0.462 e. The lowest BCUT2D eigenvalue weighted by Gasteiger charge is -2.35. The second kappa shape index (κ2) is 10.2. The van der Waals surface area contributed by atoms with E-state index in [1.54, 1.807) is 24.5 Å². The van der Waals surface area contributed by atoms with Crippen LogP contribution < -0.4 is 10.7 Å². The number of carboxylic acid groups (broad SMARTS) is 1. The van der Waals surface area contributed by atoms with Crippen LogP contribution in [0.1, 0.15) is 47.2 Å². The summed E-state index contributed by atoms with van der Waals surface area (Å²) in [7, 11) is 0. The third-order valence-corrected chi connectivity index (χ3v) is 7.89. The molecule has 1 aromatic heterocycles. The summed E-state index contributed by atoms with van der Waals surface area (Å²) in [5, 5.41) is 12.2. The fraction of sp³-hybridized carbons (Fsp3) is 0.286. The number of nitrogens with zero attached hydrogens (tertiary/aromatic N) is 5. The molecular formula is C28H25F3N7O4+. The van der Waals surface area contributed by atoms with E-state index in [2.05, 4.69) is 20.7 Å². The second-order valence-corrected chi connectivity index (χ2v) is 10.4. The van der Waals surface area contributed by atoms with Crippen LogP contribution in [-0.2, 0) is 11.0 Å². The Kier molecular flexibility index (Phi) is 6.64. The average Bonchev–Trinajstić information content (AvgIpc) is 3.50. The molecule has 0 radical (unpaired) electrons. The first-order chi connectivity index (χ1) is 20.0. The molecule has 0 saturated carbocycles. The van der Waals surface area contributed by atoms with Gasteiger partial charge >= 0.3 is 12.3 Å². The number of nitrogens with one attached hydrogen (secondary N) is 2. The maximum absolute atomic E-state index is 13.0. The molecule has 11 nitrogen and oxygen atoms in total. The molecule has 1 unspecified atom stereocenters. The zero-order chi connectivity index (χ0) is 29.6. The lowest BCUT2D eigenvalue weighted by molar-refractivity contribution is -0.779. The summed E-state index contributed by atoms with van der Waals surface area (Å²) < 4.78 is 38.7. The third kappa shape index (κ3) is 4.83. The van der Waals surface area contributed by atoms with Gasteiger partial charge in [0.25, 0.3) is 11.7 Å². The number of halogens is 3. The van der Waals surface area contributed by atoms with Crippen molar-refractivity contribution in [2.45, 2.75) is 37.9 Å². The quantitative estimate of drug-likeness (QED) is 0.454. The van der Waals surface area contributed by atoms with Gasteiger partial charge in [-0.25, -0.2) is 9.78 Å². The predicted octanol–water partition coefficient (Wildman–Crippen LogP) is 4.28. The number of carbonyl (C=O) groups excluding carboxylic acids is 2. The monoisotopic (exact) mass is 580 g/mol. The van der Waals surface area contributed by atoms with E-state index in [1.165, 1.54) is 18.3 Å². The van der Waals surface area contributed by atoms with Crippen molar-refractivity contribution in [1.29, 1.82) is 0 Å². The third-order valence-electron chi connectivity index (χ3n) is 7.89. The van der Waals surface area contributed by atoms with E-state index in [4.69, 9.17) is 4.99 Å². The fourth-order valence-corrected chi connectivity index (χ4v) is 5.90. The van der Waals surface area contributed by atoms with Crippen LogP contribution in [-0.4, -0.2) is 62.1 Å². The Morgan fingerprint density at radius 3 is 2.62 bits per heavy atom. The van der Waals surface area contributed by atoms with Gasteiger partial charge in [0, 0.05) is 36.7 Å². The Morgan fingerprint density at radius 2 is 1.88 bits per heavy atom. The molecule has 4 aliphatic heterocycles. The van der Waals surface area contributed by atoms with Gasteiger partial charge in [-0.15, -0.1) is 10.0 Å². The van der Waals surface area contributed by atoms with Gasteiger partial charge in [-0.3, -0.25) is 14.6 Å². The van der Waals surface area contributed by atoms with Crippen LogP contribution in [0.3, 0.4) is 0 Å². The molecule has 5 heterocycles. The average molecular weight is 581 g/mol. The highest BCUT2D eigenvalue weighted by atomic mass is 19.4. The summed E-state index contributed by atoms with van der Waals surface area (Å²) >= 11 is 0. The number of alkyl halides is 3. The zero-order valence-electron chi connectivity index (χ0n) is 22.0. The van der Waals surface area contributed by atoms with Gasteiger partial charge in [0.05, 0.1) is 23.5 Å². The molecule has 42 heavy (non-hydrogen) atoms. The first kappa shape index (κ1) is 27.3. The molecule has 6 rings (SSSR count). The van der Waals surface area contributed by atoms with Crippen LogP contribution in [0.5, 0.6) is 0 Å². The maximum atomic E-state index is 13.0. The number of quaternary nitrogens is 1. The summed E-state index contributed by atoms with van der Waals surface area (Å²) in [5.74, 6) is -0.631. The lowest BCUT2D eigenvalue weighted by Crippen LogP contribution is -2.58. The molecular weight excluding hydrogens is 555 g/mol. The van der Waals surface area contributed by atoms with Crippen LogP contribution >= 0.6 is 0 Å². The highest BCUT2D eigenvalue weighted by Crippen LogP contribution is 2.41. The van der Waals surface area contributed by atoms with Crippen LogP contribution in [0.2, 0.25) is 0 Å². The molecule has 2 fully saturated rings. The highest BCUT2D eigenvalue weighted by molar-refractivity contribution is 6.05. The SMILES string of the molecule is O=C(O)N[N+]12C=CN=CC1=C([C@@H]1CC[C@H]3CCC(=O)N3C1)N=C2c1ccc(C(=O)Nc2cc(C(F)(F)F)ccn2)cc1. The molecule has 0 bridgehead atoms. The van der Waals surface area contributed by atoms with E-state index in [1.807, 2.05) is 4.90 Å². The van der Waals surface area contributed by atoms with Crippen LogP contribution in [0.15, 0.2) is 76.4 Å². The van der Waals surface area contributed by atoms with E-state index in [9.17, 15) is 32.7 Å². The normalized spacial score (nSPS) is 24.8. The number of benzene rings is 1. The van der Waals surface area contributed by atoms with Crippen molar-refractivity contribution in [2.24, 2.45) is 15.9 Å². The maximum Gasteiger partial charge on any atom is 0.450 e. The minimum absolute atomic E-state index is 0.105. The number of amides is 3. The Morgan fingerprint density at radius 1 is 1.10 bits per heavy atom. The number of piperidine rings is 1. The smallest absolute Gasteiger partial charge is 0.450 e. The topological polar surface area (TPSA) is 136 Å². The van der Waals surface area contributed by atoms with Gasteiger partial charge in [-0.2, -0.15) is 18.2 Å². The number of aromatic nitrogens is 1. The number of aliphatic imine (C=N–C) groups is 2. The van der Waals surface area contributed by atoms with Gasteiger partial charge in [0.1, 0.15) is 11.5 Å². The van der Waals surface area contributed by atoms with Gasteiger partial charge in [0.15, 0.2) is 6.20 Å². The van der Waals surface area contributed by atoms with Crippen LogP contribution in [0, 0.1) is 5.92 Å². The van der Waals surface area contributed by atoms with Gasteiger partial charge in [0.2, 0.25) is 11.6 Å². The van der Waals surface area contributed by atoms with Crippen molar-refractivity contribution in [3.05, 3.63) is 83.1 Å². The first-order valence-corrected chi connectivity index (χ1v) is 13.2. The zero-order valence-corrected chi connectivity index (χ0v) is 22.0. The predicted molar refractivity (Wildman–Crippen MR) is 144 cm³/mol. The molecule has 2 saturated heterocycles. The number of carbonyl (C=O) groups is 3.